The normalized spacial score (nSPS) is 22.0. The molecule has 1 aromatic rings. The van der Waals surface area contributed by atoms with Crippen LogP contribution in [0.15, 0.2) is 18.2 Å². The maximum Gasteiger partial charge on any atom is 0.227 e. The molecule has 0 spiro atoms. The molecule has 148 valence electrons. The zero-order chi connectivity index (χ0) is 19.4. The predicted octanol–water partition coefficient (Wildman–Crippen LogP) is 1.34. The maximum atomic E-state index is 13.0. The van der Waals surface area contributed by atoms with Gasteiger partial charge in [-0.1, -0.05) is 12.1 Å². The zero-order valence-corrected chi connectivity index (χ0v) is 16.3. The summed E-state index contributed by atoms with van der Waals surface area (Å²) in [7, 11) is 4.79. The van der Waals surface area contributed by atoms with Gasteiger partial charge in [0, 0.05) is 38.3 Å². The second-order valence-electron chi connectivity index (χ2n) is 7.08. The summed E-state index contributed by atoms with van der Waals surface area (Å²) in [5.41, 5.74) is 0.793. The third-order valence-corrected chi connectivity index (χ3v) is 5.51. The minimum atomic E-state index is -0.114. The van der Waals surface area contributed by atoms with Gasteiger partial charge in [-0.2, -0.15) is 0 Å². The van der Waals surface area contributed by atoms with Crippen molar-refractivity contribution in [3.63, 3.8) is 0 Å². The van der Waals surface area contributed by atoms with Crippen LogP contribution < -0.4 is 9.47 Å². The monoisotopic (exact) mass is 376 g/mol. The van der Waals surface area contributed by atoms with Gasteiger partial charge in [0.25, 0.3) is 0 Å². The number of ether oxygens (including phenoxy) is 3. The Labute approximate surface area is 160 Å². The van der Waals surface area contributed by atoms with Crippen molar-refractivity contribution in [3.8, 4) is 11.5 Å². The Balaban J connectivity index is 1.74. The minimum absolute atomic E-state index is 0.0137. The lowest BCUT2D eigenvalue weighted by atomic mass is 9.94. The third kappa shape index (κ3) is 4.03. The van der Waals surface area contributed by atoms with Gasteiger partial charge in [0.05, 0.1) is 33.2 Å². The molecule has 0 N–H and O–H groups in total. The highest BCUT2D eigenvalue weighted by molar-refractivity contribution is 5.84. The van der Waals surface area contributed by atoms with Crippen molar-refractivity contribution in [2.24, 2.45) is 5.92 Å². The van der Waals surface area contributed by atoms with E-state index in [0.29, 0.717) is 37.7 Å². The van der Waals surface area contributed by atoms with E-state index in [9.17, 15) is 9.59 Å². The SMILES string of the molecule is COCCN1C(=O)[C@@H]2CC[C@H]1CN(C(=O)Cc1cccc(OC)c1OC)C2. The average Bonchev–Trinajstić information content (AvgIpc) is 2.97. The topological polar surface area (TPSA) is 68.3 Å². The van der Waals surface area contributed by atoms with Gasteiger partial charge in [0.2, 0.25) is 11.8 Å². The molecule has 7 nitrogen and oxygen atoms in total. The molecule has 7 heteroatoms. The number of methoxy groups -OCH3 is 3. The molecule has 1 aromatic carbocycles. The Morgan fingerprint density at radius 2 is 1.96 bits per heavy atom. The lowest BCUT2D eigenvalue weighted by Gasteiger charge is -2.35. The fraction of sp³-hybridized carbons (Fsp3) is 0.600. The summed E-state index contributed by atoms with van der Waals surface area (Å²) < 4.78 is 15.9. The highest BCUT2D eigenvalue weighted by atomic mass is 16.5. The van der Waals surface area contributed by atoms with Crippen molar-refractivity contribution in [2.45, 2.75) is 25.3 Å². The summed E-state index contributed by atoms with van der Waals surface area (Å²) in [6, 6.07) is 5.61. The van der Waals surface area contributed by atoms with Crippen LogP contribution >= 0.6 is 0 Å². The number of hydrogen-bond acceptors (Lipinski definition) is 5. The largest absolute Gasteiger partial charge is 0.493 e. The summed E-state index contributed by atoms with van der Waals surface area (Å²) in [6.07, 6.45) is 2.01. The molecule has 0 aliphatic carbocycles. The van der Waals surface area contributed by atoms with Crippen LogP contribution in [0.3, 0.4) is 0 Å². The first-order valence-corrected chi connectivity index (χ1v) is 9.36. The summed E-state index contributed by atoms with van der Waals surface area (Å²) in [5, 5.41) is 0. The van der Waals surface area contributed by atoms with Crippen LogP contribution in [0.1, 0.15) is 18.4 Å². The van der Waals surface area contributed by atoms with Gasteiger partial charge < -0.3 is 24.0 Å². The number of hydrogen-bond donors (Lipinski definition) is 0. The number of benzene rings is 1. The molecule has 3 fully saturated rings. The summed E-state index contributed by atoms with van der Waals surface area (Å²) in [4.78, 5) is 29.5. The van der Waals surface area contributed by atoms with E-state index in [4.69, 9.17) is 14.2 Å². The van der Waals surface area contributed by atoms with Crippen molar-refractivity contribution >= 4 is 11.8 Å². The number of carbonyl (C=O) groups is 2. The van der Waals surface area contributed by atoms with Gasteiger partial charge in [-0.25, -0.2) is 0 Å². The van der Waals surface area contributed by atoms with Gasteiger partial charge in [-0.3, -0.25) is 9.59 Å². The van der Waals surface area contributed by atoms with Gasteiger partial charge in [0.1, 0.15) is 0 Å². The highest BCUT2D eigenvalue weighted by Crippen LogP contribution is 2.33. The van der Waals surface area contributed by atoms with E-state index >= 15 is 0 Å². The lowest BCUT2D eigenvalue weighted by Crippen LogP contribution is -2.49. The van der Waals surface area contributed by atoms with E-state index in [1.807, 2.05) is 28.0 Å². The molecule has 27 heavy (non-hydrogen) atoms. The van der Waals surface area contributed by atoms with Gasteiger partial charge in [0.15, 0.2) is 11.5 Å². The Kier molecular flexibility index (Phi) is 6.21. The molecule has 3 heterocycles. The molecular formula is C20H28N2O5. The molecule has 4 rings (SSSR count). The van der Waals surface area contributed by atoms with Crippen LogP contribution in [0.2, 0.25) is 0 Å². The van der Waals surface area contributed by atoms with Crippen LogP contribution in [0, 0.1) is 5.92 Å². The number of para-hydroxylation sites is 1. The van der Waals surface area contributed by atoms with Crippen molar-refractivity contribution in [1.29, 1.82) is 0 Å². The first-order valence-electron chi connectivity index (χ1n) is 9.36. The van der Waals surface area contributed by atoms with Gasteiger partial charge >= 0.3 is 0 Å². The van der Waals surface area contributed by atoms with E-state index < -0.39 is 0 Å². The molecule has 0 aromatic heterocycles. The zero-order valence-electron chi connectivity index (χ0n) is 16.3. The predicted molar refractivity (Wildman–Crippen MR) is 99.9 cm³/mol. The molecule has 0 unspecified atom stereocenters. The van der Waals surface area contributed by atoms with Crippen LogP contribution in [-0.2, 0) is 20.7 Å². The van der Waals surface area contributed by atoms with Crippen LogP contribution in [0.4, 0.5) is 0 Å². The molecule has 0 radical (unpaired) electrons. The molecule has 3 saturated heterocycles. The Morgan fingerprint density at radius 3 is 2.67 bits per heavy atom. The molecule has 0 saturated carbocycles. The fourth-order valence-corrected chi connectivity index (χ4v) is 4.10. The number of fused-ring (bicyclic) bond motifs is 4. The Morgan fingerprint density at radius 1 is 1.15 bits per heavy atom. The molecule has 3 aliphatic rings. The first kappa shape index (κ1) is 19.5. The second kappa shape index (κ2) is 8.61. The summed E-state index contributed by atoms with van der Waals surface area (Å²) >= 11 is 0. The van der Waals surface area contributed by atoms with Crippen LogP contribution in [0.5, 0.6) is 11.5 Å². The molecule has 2 atom stereocenters. The second-order valence-corrected chi connectivity index (χ2v) is 7.08. The van der Waals surface area contributed by atoms with Crippen molar-refractivity contribution in [3.05, 3.63) is 23.8 Å². The maximum absolute atomic E-state index is 13.0. The third-order valence-electron chi connectivity index (χ3n) is 5.51. The van der Waals surface area contributed by atoms with Crippen molar-refractivity contribution in [1.82, 2.24) is 9.80 Å². The van der Waals surface area contributed by atoms with Crippen LogP contribution in [0.25, 0.3) is 0 Å². The smallest absolute Gasteiger partial charge is 0.227 e. The average molecular weight is 376 g/mol. The quantitative estimate of drug-likeness (QED) is 0.718. The van der Waals surface area contributed by atoms with E-state index in [-0.39, 0.29) is 30.2 Å². The highest BCUT2D eigenvalue weighted by Gasteiger charge is 2.41. The Hall–Kier alpha value is -2.28. The number of nitrogens with zero attached hydrogens (tertiary/aromatic N) is 2. The fourth-order valence-electron chi connectivity index (χ4n) is 4.10. The van der Waals surface area contributed by atoms with E-state index in [1.54, 1.807) is 21.3 Å². The molecule has 2 amide bonds. The van der Waals surface area contributed by atoms with Crippen LogP contribution in [-0.4, -0.2) is 75.2 Å². The number of amides is 2. The molecular weight excluding hydrogens is 348 g/mol. The van der Waals surface area contributed by atoms with E-state index in [2.05, 4.69) is 0 Å². The first-order chi connectivity index (χ1) is 13.1. The van der Waals surface area contributed by atoms with Crippen molar-refractivity contribution < 1.29 is 23.8 Å². The van der Waals surface area contributed by atoms with E-state index in [0.717, 1.165) is 18.4 Å². The molecule has 2 bridgehead atoms. The standard InChI is InChI=1S/C20H28N2O5/c1-25-10-9-22-16-8-7-15(20(22)24)12-21(13-16)18(23)11-14-5-4-6-17(26-2)19(14)27-3/h4-6,15-16H,7-13H2,1-3H3/t15-,16+/m1/s1. The number of piperidine rings is 1. The minimum Gasteiger partial charge on any atom is -0.493 e. The van der Waals surface area contributed by atoms with Gasteiger partial charge in [-0.05, 0) is 18.9 Å². The van der Waals surface area contributed by atoms with E-state index in [1.165, 1.54) is 0 Å². The van der Waals surface area contributed by atoms with Gasteiger partial charge in [-0.15, -0.1) is 0 Å². The van der Waals surface area contributed by atoms with Crippen molar-refractivity contribution in [2.75, 3.05) is 47.6 Å². The number of carbonyl (C=O) groups excluding carboxylic acids is 2. The lowest BCUT2D eigenvalue weighted by molar-refractivity contribution is -0.140. The summed E-state index contributed by atoms with van der Waals surface area (Å²) in [5.74, 6) is 1.25. The number of rotatable bonds is 7. The Bertz CT molecular complexity index is 693. The summed E-state index contributed by atoms with van der Waals surface area (Å²) in [6.45, 7) is 2.17. The molecule has 3 aliphatic heterocycles.